The minimum atomic E-state index is -0.707. The Morgan fingerprint density at radius 2 is 2.06 bits per heavy atom. The summed E-state index contributed by atoms with van der Waals surface area (Å²) >= 11 is 0. The zero-order valence-electron chi connectivity index (χ0n) is 11.1. The van der Waals surface area contributed by atoms with Crippen molar-refractivity contribution in [1.82, 2.24) is 5.32 Å². The normalized spacial score (nSPS) is 24.6. The van der Waals surface area contributed by atoms with Gasteiger partial charge >= 0.3 is 5.97 Å². The van der Waals surface area contributed by atoms with Gasteiger partial charge < -0.3 is 10.4 Å². The fraction of sp³-hybridized carbons (Fsp3) is 0.533. The number of hydrogen-bond donors (Lipinski definition) is 2. The summed E-state index contributed by atoms with van der Waals surface area (Å²) in [6.45, 7) is 5.75. The van der Waals surface area contributed by atoms with Crippen LogP contribution in [-0.4, -0.2) is 24.2 Å². The van der Waals surface area contributed by atoms with Crippen LogP contribution in [0.5, 0.6) is 0 Å². The molecule has 18 heavy (non-hydrogen) atoms. The molecule has 3 nitrogen and oxygen atoms in total. The fourth-order valence-electron chi connectivity index (χ4n) is 3.02. The fourth-order valence-corrected chi connectivity index (χ4v) is 3.02. The molecule has 0 spiro atoms. The molecule has 2 N–H and O–H groups in total. The van der Waals surface area contributed by atoms with Crippen molar-refractivity contribution < 1.29 is 9.90 Å². The number of aliphatic carboxylic acids is 1. The Bertz CT molecular complexity index is 446. The lowest BCUT2D eigenvalue weighted by molar-refractivity contribution is -0.144. The number of nitrogens with one attached hydrogen (secondary N) is 1. The molecule has 1 fully saturated rings. The van der Waals surface area contributed by atoms with E-state index in [1.807, 2.05) is 26.0 Å². The third-order valence-corrected chi connectivity index (χ3v) is 3.99. The number of benzene rings is 1. The van der Waals surface area contributed by atoms with Crippen LogP contribution in [0, 0.1) is 13.8 Å². The highest BCUT2D eigenvalue weighted by Gasteiger charge is 2.41. The lowest BCUT2D eigenvalue weighted by atomic mass is 9.72. The van der Waals surface area contributed by atoms with E-state index in [2.05, 4.69) is 11.4 Å². The van der Waals surface area contributed by atoms with Crippen LogP contribution in [0.2, 0.25) is 0 Å². The molecule has 1 aromatic rings. The third-order valence-electron chi connectivity index (χ3n) is 3.99. The highest BCUT2D eigenvalue weighted by atomic mass is 16.4. The number of carboxylic acids is 1. The topological polar surface area (TPSA) is 49.3 Å². The maximum atomic E-state index is 11.8. The molecule has 98 valence electrons. The Labute approximate surface area is 108 Å². The van der Waals surface area contributed by atoms with Crippen molar-refractivity contribution in [3.8, 4) is 0 Å². The van der Waals surface area contributed by atoms with E-state index in [-0.39, 0.29) is 0 Å². The molecule has 1 heterocycles. The van der Waals surface area contributed by atoms with E-state index >= 15 is 0 Å². The van der Waals surface area contributed by atoms with Gasteiger partial charge in [-0.2, -0.15) is 0 Å². The van der Waals surface area contributed by atoms with E-state index in [0.717, 1.165) is 37.1 Å². The first-order valence-corrected chi connectivity index (χ1v) is 6.58. The van der Waals surface area contributed by atoms with Gasteiger partial charge in [0, 0.05) is 0 Å². The molecule has 1 saturated heterocycles. The molecule has 0 amide bonds. The molecule has 0 bridgehead atoms. The first-order valence-electron chi connectivity index (χ1n) is 6.58. The summed E-state index contributed by atoms with van der Waals surface area (Å²) in [5.41, 5.74) is 2.56. The molecule has 0 aromatic heterocycles. The Kier molecular flexibility index (Phi) is 3.71. The van der Waals surface area contributed by atoms with Crippen LogP contribution in [0.4, 0.5) is 0 Å². The van der Waals surface area contributed by atoms with Crippen LogP contribution >= 0.6 is 0 Å². The maximum absolute atomic E-state index is 11.8. The van der Waals surface area contributed by atoms with Gasteiger partial charge in [-0.05, 0) is 57.3 Å². The van der Waals surface area contributed by atoms with Crippen molar-refractivity contribution in [2.24, 2.45) is 0 Å². The Hall–Kier alpha value is -1.35. The number of rotatable bonds is 2. The van der Waals surface area contributed by atoms with Crippen molar-refractivity contribution in [2.75, 3.05) is 13.1 Å². The molecule has 0 radical (unpaired) electrons. The average molecular weight is 247 g/mol. The number of aryl methyl sites for hydroxylation is 2. The van der Waals surface area contributed by atoms with Crippen LogP contribution < -0.4 is 5.32 Å². The molecule has 1 atom stereocenters. The van der Waals surface area contributed by atoms with Crippen molar-refractivity contribution in [1.29, 1.82) is 0 Å². The van der Waals surface area contributed by atoms with Crippen LogP contribution in [0.15, 0.2) is 18.2 Å². The van der Waals surface area contributed by atoms with Crippen molar-refractivity contribution >= 4 is 5.97 Å². The van der Waals surface area contributed by atoms with E-state index in [9.17, 15) is 9.90 Å². The van der Waals surface area contributed by atoms with E-state index < -0.39 is 11.4 Å². The predicted octanol–water partition coefficient (Wildman–Crippen LogP) is 2.40. The minimum absolute atomic E-state index is 0.673. The predicted molar refractivity (Wildman–Crippen MR) is 72.0 cm³/mol. The molecule has 1 aliphatic heterocycles. The second kappa shape index (κ2) is 5.11. The highest BCUT2D eigenvalue weighted by Crippen LogP contribution is 2.36. The van der Waals surface area contributed by atoms with Crippen LogP contribution in [0.25, 0.3) is 0 Å². The molecule has 0 aliphatic carbocycles. The summed E-state index contributed by atoms with van der Waals surface area (Å²) < 4.78 is 0. The largest absolute Gasteiger partial charge is 0.481 e. The van der Waals surface area contributed by atoms with Gasteiger partial charge in [-0.15, -0.1) is 0 Å². The first kappa shape index (κ1) is 13.1. The van der Waals surface area contributed by atoms with Gasteiger partial charge in [0.1, 0.15) is 0 Å². The molecule has 1 aliphatic rings. The number of carbonyl (C=O) groups is 1. The molecule has 0 saturated carbocycles. The Balaban J connectivity index is 2.48. The van der Waals surface area contributed by atoms with Gasteiger partial charge in [-0.1, -0.05) is 23.8 Å². The van der Waals surface area contributed by atoms with Gasteiger partial charge in [0.05, 0.1) is 5.41 Å². The van der Waals surface area contributed by atoms with Gasteiger partial charge in [0.2, 0.25) is 0 Å². The number of carboxylic acid groups (broad SMARTS) is 1. The molecule has 3 heteroatoms. The highest BCUT2D eigenvalue weighted by molar-refractivity contribution is 5.82. The lowest BCUT2D eigenvalue weighted by Crippen LogP contribution is -2.37. The van der Waals surface area contributed by atoms with Crippen LogP contribution in [-0.2, 0) is 10.2 Å². The summed E-state index contributed by atoms with van der Waals surface area (Å²) in [7, 11) is 0. The maximum Gasteiger partial charge on any atom is 0.314 e. The van der Waals surface area contributed by atoms with Crippen LogP contribution in [0.3, 0.4) is 0 Å². The second-order valence-corrected chi connectivity index (χ2v) is 5.31. The summed E-state index contributed by atoms with van der Waals surface area (Å²) in [6, 6.07) is 6.10. The standard InChI is InChI=1S/C15H21NO2/c1-11-4-5-13(12(2)10-11)15(14(17)18)6-3-8-16-9-7-15/h4-5,10,16H,3,6-9H2,1-2H3,(H,17,18). The summed E-state index contributed by atoms with van der Waals surface area (Å²) in [5, 5.41) is 13.0. The van der Waals surface area contributed by atoms with Gasteiger partial charge in [-0.25, -0.2) is 0 Å². The summed E-state index contributed by atoms with van der Waals surface area (Å²) in [4.78, 5) is 11.8. The van der Waals surface area contributed by atoms with Gasteiger partial charge in [-0.3, -0.25) is 4.79 Å². The molecular weight excluding hydrogens is 226 g/mol. The quantitative estimate of drug-likeness (QED) is 0.843. The molecule has 2 rings (SSSR count). The molecular formula is C15H21NO2. The van der Waals surface area contributed by atoms with Crippen LogP contribution in [0.1, 0.15) is 36.0 Å². The van der Waals surface area contributed by atoms with E-state index in [1.54, 1.807) is 0 Å². The van der Waals surface area contributed by atoms with Crippen molar-refractivity contribution in [3.05, 3.63) is 34.9 Å². The van der Waals surface area contributed by atoms with Gasteiger partial charge in [0.25, 0.3) is 0 Å². The zero-order chi connectivity index (χ0) is 13.2. The molecule has 1 aromatic carbocycles. The second-order valence-electron chi connectivity index (χ2n) is 5.31. The third kappa shape index (κ3) is 2.27. The SMILES string of the molecule is Cc1ccc(C2(C(=O)O)CCCNCC2)c(C)c1. The van der Waals surface area contributed by atoms with E-state index in [1.165, 1.54) is 5.56 Å². The first-order chi connectivity index (χ1) is 8.56. The Morgan fingerprint density at radius 1 is 1.28 bits per heavy atom. The van der Waals surface area contributed by atoms with E-state index in [4.69, 9.17) is 0 Å². The number of hydrogen-bond acceptors (Lipinski definition) is 2. The lowest BCUT2D eigenvalue weighted by Gasteiger charge is -2.30. The average Bonchev–Trinajstić information content (AvgIpc) is 2.55. The minimum Gasteiger partial charge on any atom is -0.481 e. The van der Waals surface area contributed by atoms with Crippen molar-refractivity contribution in [2.45, 2.75) is 38.5 Å². The van der Waals surface area contributed by atoms with Gasteiger partial charge in [0.15, 0.2) is 0 Å². The monoisotopic (exact) mass is 247 g/mol. The Morgan fingerprint density at radius 3 is 2.72 bits per heavy atom. The summed E-state index contributed by atoms with van der Waals surface area (Å²) in [6.07, 6.45) is 2.31. The summed E-state index contributed by atoms with van der Waals surface area (Å²) in [5.74, 6) is -0.682. The van der Waals surface area contributed by atoms with E-state index in [0.29, 0.717) is 6.42 Å². The zero-order valence-corrected chi connectivity index (χ0v) is 11.1. The van der Waals surface area contributed by atoms with Crippen molar-refractivity contribution in [3.63, 3.8) is 0 Å². The smallest absolute Gasteiger partial charge is 0.314 e. The molecule has 1 unspecified atom stereocenters.